The van der Waals surface area contributed by atoms with Crippen molar-refractivity contribution in [3.05, 3.63) is 45.8 Å². The molecular weight excluding hydrogens is 365 g/mol. The highest BCUT2D eigenvalue weighted by atomic mass is 19.4. The molecule has 4 rings (SSSR count). The summed E-state index contributed by atoms with van der Waals surface area (Å²) in [7, 11) is 1.55. The van der Waals surface area contributed by atoms with Crippen LogP contribution in [-0.2, 0) is 11.8 Å². The number of Topliss-reactive ketones (excluding diaryl/α,β-unsaturated/α-hetero) is 1. The molecule has 27 heavy (non-hydrogen) atoms. The fraction of sp³-hybridized carbons (Fsp3) is 0.389. The third kappa shape index (κ3) is 3.07. The van der Waals surface area contributed by atoms with Crippen LogP contribution in [0.5, 0.6) is 5.75 Å². The molecule has 0 radical (unpaired) electrons. The van der Waals surface area contributed by atoms with E-state index in [2.05, 4.69) is 9.73 Å². The van der Waals surface area contributed by atoms with E-state index < -0.39 is 23.8 Å². The topological polar surface area (TPSA) is 73.8 Å². The zero-order chi connectivity index (χ0) is 19.3. The summed E-state index contributed by atoms with van der Waals surface area (Å²) in [5, 5.41) is 0. The Morgan fingerprint density at radius 3 is 2.52 bits per heavy atom. The molecule has 2 heterocycles. The van der Waals surface area contributed by atoms with Crippen molar-refractivity contribution >= 4 is 17.3 Å². The first-order chi connectivity index (χ1) is 12.7. The van der Waals surface area contributed by atoms with Crippen molar-refractivity contribution in [3.8, 4) is 5.75 Å². The molecule has 2 aromatic rings. The van der Waals surface area contributed by atoms with Gasteiger partial charge in [-0.05, 0) is 30.5 Å². The number of aryl methyl sites for hydroxylation is 1. The normalized spacial score (nSPS) is 22.1. The fourth-order valence-corrected chi connectivity index (χ4v) is 3.86. The van der Waals surface area contributed by atoms with Gasteiger partial charge in [-0.3, -0.25) is 4.79 Å². The SMILES string of the molecule is Cn1oc(=O)c2c1N=C1CCCC(=O)C1C2c1ccc(OC(F)(F)F)cc1. The molecule has 1 saturated carbocycles. The van der Waals surface area contributed by atoms with Crippen molar-refractivity contribution < 1.29 is 27.2 Å². The van der Waals surface area contributed by atoms with Gasteiger partial charge in [-0.1, -0.05) is 12.1 Å². The predicted octanol–water partition coefficient (Wildman–Crippen LogP) is 3.46. The monoisotopic (exact) mass is 380 g/mol. The first-order valence-electron chi connectivity index (χ1n) is 8.40. The summed E-state index contributed by atoms with van der Waals surface area (Å²) in [5.41, 5.74) is 0.868. The van der Waals surface area contributed by atoms with E-state index >= 15 is 0 Å². The van der Waals surface area contributed by atoms with Gasteiger partial charge < -0.3 is 9.26 Å². The number of rotatable bonds is 2. The van der Waals surface area contributed by atoms with Gasteiger partial charge in [0, 0.05) is 25.1 Å². The van der Waals surface area contributed by atoms with Gasteiger partial charge in [0.2, 0.25) is 0 Å². The average molecular weight is 380 g/mol. The Morgan fingerprint density at radius 2 is 1.85 bits per heavy atom. The Morgan fingerprint density at radius 1 is 1.15 bits per heavy atom. The third-order valence-electron chi connectivity index (χ3n) is 4.91. The Bertz CT molecular complexity index is 986. The highest BCUT2D eigenvalue weighted by Gasteiger charge is 2.44. The lowest BCUT2D eigenvalue weighted by Gasteiger charge is -2.33. The number of ketones is 1. The lowest BCUT2D eigenvalue weighted by molar-refractivity contribution is -0.274. The molecule has 142 valence electrons. The number of carbonyl (C=O) groups excluding carboxylic acids is 1. The second kappa shape index (κ2) is 6.11. The maximum Gasteiger partial charge on any atom is 0.573 e. The molecule has 0 bridgehead atoms. The van der Waals surface area contributed by atoms with Crippen LogP contribution < -0.4 is 10.4 Å². The van der Waals surface area contributed by atoms with Gasteiger partial charge in [0.25, 0.3) is 0 Å². The molecule has 0 N–H and O–H groups in total. The van der Waals surface area contributed by atoms with Crippen LogP contribution >= 0.6 is 0 Å². The van der Waals surface area contributed by atoms with Crippen LogP contribution in [0.3, 0.4) is 0 Å². The van der Waals surface area contributed by atoms with E-state index in [-0.39, 0.29) is 17.1 Å². The lowest BCUT2D eigenvalue weighted by Crippen LogP contribution is -2.37. The van der Waals surface area contributed by atoms with Gasteiger partial charge in [-0.2, -0.15) is 4.74 Å². The van der Waals surface area contributed by atoms with Crippen LogP contribution in [0.15, 0.2) is 38.6 Å². The van der Waals surface area contributed by atoms with Gasteiger partial charge in [0.1, 0.15) is 11.5 Å². The molecule has 0 saturated heterocycles. The van der Waals surface area contributed by atoms with E-state index in [0.29, 0.717) is 36.4 Å². The molecule has 0 spiro atoms. The number of carbonyl (C=O) groups is 1. The largest absolute Gasteiger partial charge is 0.573 e. The number of aliphatic imine (C=N–C) groups is 1. The first kappa shape index (κ1) is 17.6. The summed E-state index contributed by atoms with van der Waals surface area (Å²) in [4.78, 5) is 29.4. The van der Waals surface area contributed by atoms with Crippen LogP contribution in [0, 0.1) is 5.92 Å². The van der Waals surface area contributed by atoms with Crippen LogP contribution in [0.4, 0.5) is 19.0 Å². The molecule has 6 nitrogen and oxygen atoms in total. The second-order valence-corrected chi connectivity index (χ2v) is 6.61. The van der Waals surface area contributed by atoms with Gasteiger partial charge in [0.15, 0.2) is 5.82 Å². The van der Waals surface area contributed by atoms with E-state index in [1.807, 2.05) is 0 Å². The van der Waals surface area contributed by atoms with Gasteiger partial charge >= 0.3 is 12.0 Å². The molecule has 2 atom stereocenters. The van der Waals surface area contributed by atoms with Crippen LogP contribution in [0.1, 0.15) is 36.3 Å². The number of ether oxygens (including phenoxy) is 1. The number of hydrogen-bond acceptors (Lipinski definition) is 5. The summed E-state index contributed by atoms with van der Waals surface area (Å²) in [6, 6.07) is 5.22. The number of halogens is 3. The molecule has 0 amide bonds. The summed E-state index contributed by atoms with van der Waals surface area (Å²) < 4.78 is 47.4. The minimum absolute atomic E-state index is 0.0329. The van der Waals surface area contributed by atoms with Crippen LogP contribution in [0.2, 0.25) is 0 Å². The fourth-order valence-electron chi connectivity index (χ4n) is 3.86. The smallest absolute Gasteiger partial charge is 0.406 e. The highest BCUT2D eigenvalue weighted by molar-refractivity contribution is 6.10. The number of nitrogens with zero attached hydrogens (tertiary/aromatic N) is 2. The van der Waals surface area contributed by atoms with Crippen LogP contribution in [0.25, 0.3) is 0 Å². The average Bonchev–Trinajstić information content (AvgIpc) is 2.87. The van der Waals surface area contributed by atoms with E-state index in [1.165, 1.54) is 29.0 Å². The lowest BCUT2D eigenvalue weighted by atomic mass is 9.70. The molecular formula is C18H15F3N2O4. The zero-order valence-electron chi connectivity index (χ0n) is 14.2. The number of alkyl halides is 3. The summed E-state index contributed by atoms with van der Waals surface area (Å²) in [6.45, 7) is 0. The predicted molar refractivity (Wildman–Crippen MR) is 88.4 cm³/mol. The van der Waals surface area contributed by atoms with Crippen molar-refractivity contribution in [3.63, 3.8) is 0 Å². The Hall–Kier alpha value is -2.84. The number of fused-ring (bicyclic) bond motifs is 2. The van der Waals surface area contributed by atoms with Crippen molar-refractivity contribution in [2.24, 2.45) is 18.0 Å². The molecule has 1 aromatic carbocycles. The van der Waals surface area contributed by atoms with Crippen molar-refractivity contribution in [1.29, 1.82) is 0 Å². The van der Waals surface area contributed by atoms with Crippen molar-refractivity contribution in [2.45, 2.75) is 31.5 Å². The standard InChI is InChI=1S/C18H15F3N2O4/c1-23-16-15(17(25)27-23)13(14-11(22-16)3-2-4-12(14)24)9-5-7-10(8-6-9)26-18(19,20)21/h5-8,13-14H,2-4H2,1H3. The highest BCUT2D eigenvalue weighted by Crippen LogP contribution is 2.44. The van der Waals surface area contributed by atoms with Gasteiger partial charge in [0.05, 0.1) is 11.5 Å². The van der Waals surface area contributed by atoms with Crippen LogP contribution in [-0.4, -0.2) is 22.6 Å². The summed E-state index contributed by atoms with van der Waals surface area (Å²) >= 11 is 0. The third-order valence-corrected chi connectivity index (χ3v) is 4.91. The molecule has 2 aliphatic rings. The zero-order valence-corrected chi connectivity index (χ0v) is 14.2. The van der Waals surface area contributed by atoms with Gasteiger partial charge in [-0.25, -0.2) is 9.79 Å². The maximum absolute atomic E-state index is 12.6. The number of hydrogen-bond donors (Lipinski definition) is 0. The van der Waals surface area contributed by atoms with E-state index in [4.69, 9.17) is 4.52 Å². The maximum atomic E-state index is 12.6. The number of benzene rings is 1. The number of aromatic nitrogens is 1. The molecule has 1 aliphatic heterocycles. The molecule has 1 aliphatic carbocycles. The summed E-state index contributed by atoms with van der Waals surface area (Å²) in [5.74, 6) is -1.30. The quantitative estimate of drug-likeness (QED) is 0.800. The molecule has 1 aromatic heterocycles. The molecule has 1 fully saturated rings. The van der Waals surface area contributed by atoms with E-state index in [0.717, 1.165) is 0 Å². The van der Waals surface area contributed by atoms with E-state index in [9.17, 15) is 22.8 Å². The Labute approximate surface area is 151 Å². The minimum Gasteiger partial charge on any atom is -0.406 e. The Balaban J connectivity index is 1.81. The summed E-state index contributed by atoms with van der Waals surface area (Å²) in [6.07, 6.45) is -3.11. The van der Waals surface area contributed by atoms with Crippen molar-refractivity contribution in [2.75, 3.05) is 0 Å². The minimum atomic E-state index is -4.79. The Kier molecular flexibility index (Phi) is 3.97. The first-order valence-corrected chi connectivity index (χ1v) is 8.40. The van der Waals surface area contributed by atoms with Gasteiger partial charge in [-0.15, -0.1) is 13.2 Å². The van der Waals surface area contributed by atoms with E-state index in [1.54, 1.807) is 7.05 Å². The molecule has 9 heteroatoms. The molecule has 2 unspecified atom stereocenters. The van der Waals surface area contributed by atoms with Crippen molar-refractivity contribution in [1.82, 2.24) is 4.74 Å². The second-order valence-electron chi connectivity index (χ2n) is 6.61.